The van der Waals surface area contributed by atoms with Gasteiger partial charge in [-0.05, 0) is 24.8 Å². The highest BCUT2D eigenvalue weighted by Gasteiger charge is 2.25. The molecule has 0 atom stereocenters. The van der Waals surface area contributed by atoms with Crippen LogP contribution in [-0.4, -0.2) is 61.6 Å². The molecular formula is C16H21N3O2S. The Bertz CT molecular complexity index is 552. The maximum absolute atomic E-state index is 12.4. The lowest BCUT2D eigenvalue weighted by molar-refractivity contribution is 0.0394. The molecule has 1 amide bonds. The second kappa shape index (κ2) is 7.23. The van der Waals surface area contributed by atoms with Gasteiger partial charge in [0.1, 0.15) is 6.07 Å². The molecule has 6 heteroatoms. The minimum atomic E-state index is 0.0669. The van der Waals surface area contributed by atoms with E-state index >= 15 is 0 Å². The van der Waals surface area contributed by atoms with Crippen molar-refractivity contribution < 1.29 is 9.53 Å². The Kier molecular flexibility index (Phi) is 5.08. The van der Waals surface area contributed by atoms with E-state index in [2.05, 4.69) is 11.0 Å². The maximum Gasteiger partial charge on any atom is 0.264 e. The molecule has 5 nitrogen and oxygen atoms in total. The third-order valence-electron chi connectivity index (χ3n) is 4.46. The molecule has 2 aliphatic rings. The van der Waals surface area contributed by atoms with E-state index in [0.717, 1.165) is 64.7 Å². The SMILES string of the molecule is N#Cc1csc(C(=O)N2CCN(CC3CCOCC3)CC2)c1. The molecule has 118 valence electrons. The fraction of sp³-hybridized carbons (Fsp3) is 0.625. The summed E-state index contributed by atoms with van der Waals surface area (Å²) in [5.74, 6) is 0.809. The molecule has 0 aliphatic carbocycles. The molecule has 22 heavy (non-hydrogen) atoms. The molecule has 0 saturated carbocycles. The molecule has 0 unspecified atom stereocenters. The van der Waals surface area contributed by atoms with E-state index in [1.165, 1.54) is 11.3 Å². The summed E-state index contributed by atoms with van der Waals surface area (Å²) in [5, 5.41) is 10.6. The molecule has 3 rings (SSSR count). The van der Waals surface area contributed by atoms with Gasteiger partial charge in [0, 0.05) is 51.3 Å². The smallest absolute Gasteiger partial charge is 0.264 e. The number of carbonyl (C=O) groups excluding carboxylic acids is 1. The van der Waals surface area contributed by atoms with Crippen molar-refractivity contribution in [2.24, 2.45) is 5.92 Å². The lowest BCUT2D eigenvalue weighted by Gasteiger charge is -2.37. The number of hydrogen-bond acceptors (Lipinski definition) is 5. The average Bonchev–Trinajstić information content (AvgIpc) is 3.05. The van der Waals surface area contributed by atoms with Crippen LogP contribution >= 0.6 is 11.3 Å². The first kappa shape index (κ1) is 15.5. The number of hydrogen-bond donors (Lipinski definition) is 0. The van der Waals surface area contributed by atoms with Crippen LogP contribution in [0.2, 0.25) is 0 Å². The first-order chi connectivity index (χ1) is 10.8. The summed E-state index contributed by atoms with van der Waals surface area (Å²) in [7, 11) is 0. The standard InChI is InChI=1S/C16H21N3O2S/c17-10-14-9-15(22-12-14)16(20)19-5-3-18(4-6-19)11-13-1-7-21-8-2-13/h9,12-13H,1-8,11H2. The van der Waals surface area contributed by atoms with Gasteiger partial charge in [0.25, 0.3) is 5.91 Å². The Morgan fingerprint density at radius 2 is 2.05 bits per heavy atom. The molecule has 0 N–H and O–H groups in total. The van der Waals surface area contributed by atoms with Gasteiger partial charge < -0.3 is 9.64 Å². The second-order valence-electron chi connectivity index (χ2n) is 5.96. The minimum absolute atomic E-state index is 0.0669. The third kappa shape index (κ3) is 3.67. The van der Waals surface area contributed by atoms with Gasteiger partial charge in [0.15, 0.2) is 0 Å². The molecule has 2 saturated heterocycles. The first-order valence-corrected chi connectivity index (χ1v) is 8.72. The van der Waals surface area contributed by atoms with Gasteiger partial charge in [-0.1, -0.05) is 0 Å². The van der Waals surface area contributed by atoms with E-state index in [1.54, 1.807) is 11.4 Å². The molecule has 0 bridgehead atoms. The molecule has 0 radical (unpaired) electrons. The van der Waals surface area contributed by atoms with E-state index in [0.29, 0.717) is 10.4 Å². The first-order valence-electron chi connectivity index (χ1n) is 7.84. The van der Waals surface area contributed by atoms with Gasteiger partial charge in [-0.15, -0.1) is 11.3 Å². The summed E-state index contributed by atoms with van der Waals surface area (Å²) in [6.07, 6.45) is 2.32. The van der Waals surface area contributed by atoms with Crippen LogP contribution in [0.25, 0.3) is 0 Å². The fourth-order valence-corrected chi connectivity index (χ4v) is 3.89. The second-order valence-corrected chi connectivity index (χ2v) is 6.87. The number of ether oxygens (including phenoxy) is 1. The summed E-state index contributed by atoms with van der Waals surface area (Å²) in [6.45, 7) is 6.36. The van der Waals surface area contributed by atoms with Crippen LogP contribution in [0.3, 0.4) is 0 Å². The zero-order valence-corrected chi connectivity index (χ0v) is 13.5. The number of amides is 1. The van der Waals surface area contributed by atoms with Gasteiger partial charge in [0.05, 0.1) is 10.4 Å². The molecule has 1 aromatic rings. The van der Waals surface area contributed by atoms with Crippen LogP contribution < -0.4 is 0 Å². The lowest BCUT2D eigenvalue weighted by Crippen LogP contribution is -2.50. The van der Waals surface area contributed by atoms with Crippen LogP contribution in [0.4, 0.5) is 0 Å². The number of piperazine rings is 1. The summed E-state index contributed by atoms with van der Waals surface area (Å²) in [5.41, 5.74) is 0.575. The van der Waals surface area contributed by atoms with Crippen molar-refractivity contribution in [1.29, 1.82) is 5.26 Å². The van der Waals surface area contributed by atoms with E-state index in [4.69, 9.17) is 10.00 Å². The number of carbonyl (C=O) groups is 1. The van der Waals surface area contributed by atoms with E-state index < -0.39 is 0 Å². The zero-order chi connectivity index (χ0) is 15.4. The predicted molar refractivity (Wildman–Crippen MR) is 84.9 cm³/mol. The lowest BCUT2D eigenvalue weighted by atomic mass is 9.99. The highest BCUT2D eigenvalue weighted by Crippen LogP contribution is 2.19. The number of nitriles is 1. The Labute approximate surface area is 135 Å². The van der Waals surface area contributed by atoms with Crippen molar-refractivity contribution in [2.75, 3.05) is 45.9 Å². The predicted octanol–water partition coefficient (Wildman–Crippen LogP) is 1.80. The van der Waals surface area contributed by atoms with Crippen molar-refractivity contribution in [1.82, 2.24) is 9.80 Å². The van der Waals surface area contributed by atoms with Crippen LogP contribution in [-0.2, 0) is 4.74 Å². The largest absolute Gasteiger partial charge is 0.381 e. The molecule has 3 heterocycles. The summed E-state index contributed by atoms with van der Waals surface area (Å²) in [4.78, 5) is 17.5. The number of thiophene rings is 1. The maximum atomic E-state index is 12.4. The normalized spacial score (nSPS) is 20.8. The minimum Gasteiger partial charge on any atom is -0.381 e. The topological polar surface area (TPSA) is 56.6 Å². The highest BCUT2D eigenvalue weighted by molar-refractivity contribution is 7.12. The quantitative estimate of drug-likeness (QED) is 0.852. The van der Waals surface area contributed by atoms with Gasteiger partial charge in [-0.2, -0.15) is 5.26 Å². The zero-order valence-electron chi connectivity index (χ0n) is 12.7. The van der Waals surface area contributed by atoms with E-state index in [1.807, 2.05) is 4.90 Å². The van der Waals surface area contributed by atoms with Crippen molar-refractivity contribution in [2.45, 2.75) is 12.8 Å². The number of rotatable bonds is 3. The Hall–Kier alpha value is -1.42. The van der Waals surface area contributed by atoms with Gasteiger partial charge in [-0.3, -0.25) is 9.69 Å². The fourth-order valence-electron chi connectivity index (χ4n) is 3.09. The van der Waals surface area contributed by atoms with E-state index in [-0.39, 0.29) is 5.91 Å². The summed E-state index contributed by atoms with van der Waals surface area (Å²) in [6, 6.07) is 3.77. The van der Waals surface area contributed by atoms with Crippen LogP contribution in [0.15, 0.2) is 11.4 Å². The van der Waals surface area contributed by atoms with Crippen molar-refractivity contribution in [3.05, 3.63) is 21.9 Å². The third-order valence-corrected chi connectivity index (χ3v) is 5.37. The van der Waals surface area contributed by atoms with Crippen LogP contribution in [0.1, 0.15) is 28.1 Å². The Balaban J connectivity index is 1.48. The van der Waals surface area contributed by atoms with Crippen molar-refractivity contribution >= 4 is 17.2 Å². The monoisotopic (exact) mass is 319 g/mol. The van der Waals surface area contributed by atoms with Crippen LogP contribution in [0, 0.1) is 17.2 Å². The van der Waals surface area contributed by atoms with Crippen LogP contribution in [0.5, 0.6) is 0 Å². The molecule has 0 spiro atoms. The summed E-state index contributed by atoms with van der Waals surface area (Å²) >= 11 is 1.36. The van der Waals surface area contributed by atoms with Gasteiger partial charge in [0.2, 0.25) is 0 Å². The number of nitrogens with zero attached hydrogens (tertiary/aromatic N) is 3. The molecule has 1 aromatic heterocycles. The molecule has 2 aliphatic heterocycles. The van der Waals surface area contributed by atoms with Gasteiger partial charge in [-0.25, -0.2) is 0 Å². The average molecular weight is 319 g/mol. The molecule has 0 aromatic carbocycles. The summed E-state index contributed by atoms with van der Waals surface area (Å²) < 4.78 is 5.40. The Morgan fingerprint density at radius 3 is 2.68 bits per heavy atom. The molecule has 2 fully saturated rings. The van der Waals surface area contributed by atoms with Crippen molar-refractivity contribution in [3.63, 3.8) is 0 Å². The highest BCUT2D eigenvalue weighted by atomic mass is 32.1. The molecular weight excluding hydrogens is 298 g/mol. The Morgan fingerprint density at radius 1 is 1.32 bits per heavy atom. The van der Waals surface area contributed by atoms with Gasteiger partial charge >= 0.3 is 0 Å². The van der Waals surface area contributed by atoms with Crippen molar-refractivity contribution in [3.8, 4) is 6.07 Å². The van der Waals surface area contributed by atoms with E-state index in [9.17, 15) is 4.79 Å².